The first-order valence-corrected chi connectivity index (χ1v) is 14.6. The smallest absolute Gasteiger partial charge is 0.362 e. The van der Waals surface area contributed by atoms with Crippen LogP contribution in [0.3, 0.4) is 0 Å². The Kier molecular flexibility index (Phi) is 8.12. The molecular weight excluding hydrogens is 470 g/mol. The molecule has 37 heavy (non-hydrogen) atoms. The zero-order valence-corrected chi connectivity index (χ0v) is 24.2. The molecule has 0 unspecified atom stereocenters. The lowest BCUT2D eigenvalue weighted by atomic mass is 9.43. The van der Waals surface area contributed by atoms with E-state index in [1.807, 2.05) is 21.1 Å². The number of rotatable bonds is 7. The first-order valence-electron chi connectivity index (χ1n) is 14.6. The van der Waals surface area contributed by atoms with Gasteiger partial charge in [-0.1, -0.05) is 20.8 Å². The standard InChI is InChI=1S/C30H52NO6/c1-18(8-11-26(34)36-7)21-9-10-22-28-23(16-25(33)30(21,22)3)29(2)13-12-20(14-19(29)15-24(28)32)37-27(35)17-31(4,5)6/h18-25,28,32-33H,8-17H2,1-7H3/q+1/t18-,19+,20-,21-,22+,23+,24-,25+,28+,29+,30-/m1/s1. The molecule has 7 heteroatoms. The Bertz CT molecular complexity index is 855. The molecule has 0 bridgehead atoms. The van der Waals surface area contributed by atoms with Crippen LogP contribution in [0.1, 0.15) is 78.6 Å². The lowest BCUT2D eigenvalue weighted by Crippen LogP contribution is -2.62. The van der Waals surface area contributed by atoms with E-state index in [0.717, 1.165) is 51.4 Å². The van der Waals surface area contributed by atoms with Crippen LogP contribution >= 0.6 is 0 Å². The first kappa shape index (κ1) is 28.8. The zero-order valence-electron chi connectivity index (χ0n) is 24.2. The van der Waals surface area contributed by atoms with E-state index >= 15 is 0 Å². The molecule has 4 rings (SSSR count). The minimum atomic E-state index is -0.408. The molecule has 0 spiro atoms. The van der Waals surface area contributed by atoms with E-state index in [1.165, 1.54) is 7.11 Å². The predicted octanol–water partition coefficient (Wildman–Crippen LogP) is 3.79. The summed E-state index contributed by atoms with van der Waals surface area (Å²) in [6, 6.07) is 0. The van der Waals surface area contributed by atoms with E-state index in [4.69, 9.17) is 9.47 Å². The topological polar surface area (TPSA) is 93.1 Å². The van der Waals surface area contributed by atoms with Crippen molar-refractivity contribution in [2.24, 2.45) is 46.3 Å². The molecule has 0 aromatic heterocycles. The summed E-state index contributed by atoms with van der Waals surface area (Å²) in [5.41, 5.74) is -0.192. The van der Waals surface area contributed by atoms with Crippen LogP contribution in [0, 0.1) is 46.3 Å². The molecule has 212 valence electrons. The molecule has 4 aliphatic carbocycles. The van der Waals surface area contributed by atoms with Crippen molar-refractivity contribution in [2.75, 3.05) is 34.8 Å². The Morgan fingerprint density at radius 3 is 2.35 bits per heavy atom. The number of hydrogen-bond acceptors (Lipinski definition) is 6. The number of esters is 2. The van der Waals surface area contributed by atoms with E-state index in [-0.39, 0.29) is 46.8 Å². The summed E-state index contributed by atoms with van der Waals surface area (Å²) in [6.07, 6.45) is 6.53. The van der Waals surface area contributed by atoms with E-state index in [1.54, 1.807) is 0 Å². The molecule has 0 amide bonds. The third kappa shape index (κ3) is 5.34. The zero-order chi connectivity index (χ0) is 27.3. The molecule has 0 heterocycles. The molecule has 4 saturated carbocycles. The molecule has 7 nitrogen and oxygen atoms in total. The second kappa shape index (κ2) is 10.4. The summed E-state index contributed by atoms with van der Waals surface area (Å²) >= 11 is 0. The number of ether oxygens (including phenoxy) is 2. The van der Waals surface area contributed by atoms with E-state index < -0.39 is 6.10 Å². The second-order valence-electron chi connectivity index (χ2n) is 14.5. The van der Waals surface area contributed by atoms with E-state index in [9.17, 15) is 19.8 Å². The van der Waals surface area contributed by atoms with Crippen molar-refractivity contribution in [2.45, 2.75) is 96.9 Å². The number of likely N-dealkylation sites (N-methyl/N-ethyl adjacent to an activating group) is 1. The van der Waals surface area contributed by atoms with Gasteiger partial charge < -0.3 is 24.2 Å². The highest BCUT2D eigenvalue weighted by molar-refractivity contribution is 5.70. The van der Waals surface area contributed by atoms with Crippen LogP contribution in [0.5, 0.6) is 0 Å². The van der Waals surface area contributed by atoms with E-state index in [0.29, 0.717) is 41.1 Å². The average molecular weight is 523 g/mol. The van der Waals surface area contributed by atoms with Gasteiger partial charge in [0, 0.05) is 6.42 Å². The Balaban J connectivity index is 1.48. The third-order valence-electron chi connectivity index (χ3n) is 11.4. The van der Waals surface area contributed by atoms with Crippen LogP contribution in [0.4, 0.5) is 0 Å². The number of carbonyl (C=O) groups is 2. The van der Waals surface area contributed by atoms with Crippen molar-refractivity contribution in [3.8, 4) is 0 Å². The number of carbonyl (C=O) groups excluding carboxylic acids is 2. The molecule has 0 radical (unpaired) electrons. The van der Waals surface area contributed by atoms with Crippen molar-refractivity contribution in [1.82, 2.24) is 0 Å². The monoisotopic (exact) mass is 522 g/mol. The quantitative estimate of drug-likeness (QED) is 0.390. The Hall–Kier alpha value is -1.18. The van der Waals surface area contributed by atoms with Gasteiger partial charge in [-0.05, 0) is 97.7 Å². The fourth-order valence-corrected chi connectivity index (χ4v) is 9.48. The van der Waals surface area contributed by atoms with Crippen LogP contribution in [0.25, 0.3) is 0 Å². The van der Waals surface area contributed by atoms with Gasteiger partial charge in [-0.15, -0.1) is 0 Å². The summed E-state index contributed by atoms with van der Waals surface area (Å²) < 4.78 is 11.3. The van der Waals surface area contributed by atoms with Crippen molar-refractivity contribution < 1.29 is 33.8 Å². The van der Waals surface area contributed by atoms with Gasteiger partial charge in [0.2, 0.25) is 0 Å². The number of hydrogen-bond donors (Lipinski definition) is 2. The normalized spacial score (nSPS) is 44.2. The van der Waals surface area contributed by atoms with Crippen molar-refractivity contribution >= 4 is 11.9 Å². The molecule has 11 atom stereocenters. The summed E-state index contributed by atoms with van der Waals surface area (Å²) in [5, 5.41) is 23.4. The predicted molar refractivity (Wildman–Crippen MR) is 141 cm³/mol. The Morgan fingerprint density at radius 1 is 1.00 bits per heavy atom. The van der Waals surface area contributed by atoms with Gasteiger partial charge in [-0.3, -0.25) is 4.79 Å². The molecule has 4 fully saturated rings. The summed E-state index contributed by atoms with van der Waals surface area (Å²) in [7, 11) is 7.41. The number of aliphatic hydroxyl groups is 2. The van der Waals surface area contributed by atoms with Crippen molar-refractivity contribution in [3.63, 3.8) is 0 Å². The fourth-order valence-electron chi connectivity index (χ4n) is 9.48. The highest BCUT2D eigenvalue weighted by atomic mass is 16.5. The Labute approximate surface area is 223 Å². The van der Waals surface area contributed by atoms with Gasteiger partial charge in [-0.2, -0.15) is 0 Å². The van der Waals surface area contributed by atoms with Crippen molar-refractivity contribution in [3.05, 3.63) is 0 Å². The van der Waals surface area contributed by atoms with Crippen LogP contribution in [-0.2, 0) is 19.1 Å². The van der Waals surface area contributed by atoms with Crippen LogP contribution in [-0.4, -0.2) is 79.7 Å². The highest BCUT2D eigenvalue weighted by Gasteiger charge is 2.65. The highest BCUT2D eigenvalue weighted by Crippen LogP contribution is 2.68. The molecule has 0 aromatic rings. The largest absolute Gasteiger partial charge is 0.469 e. The summed E-state index contributed by atoms with van der Waals surface area (Å²) in [5.74, 6) is 1.42. The molecule has 2 N–H and O–H groups in total. The van der Waals surface area contributed by atoms with Crippen LogP contribution in [0.15, 0.2) is 0 Å². The molecule has 0 aliphatic heterocycles. The van der Waals surface area contributed by atoms with Gasteiger partial charge in [0.15, 0.2) is 6.54 Å². The minimum absolute atomic E-state index is 0.0454. The van der Waals surface area contributed by atoms with Crippen molar-refractivity contribution in [1.29, 1.82) is 0 Å². The number of fused-ring (bicyclic) bond motifs is 5. The van der Waals surface area contributed by atoms with E-state index in [2.05, 4.69) is 20.8 Å². The lowest BCUT2D eigenvalue weighted by molar-refractivity contribution is -0.862. The second-order valence-corrected chi connectivity index (χ2v) is 14.5. The minimum Gasteiger partial charge on any atom is -0.469 e. The Morgan fingerprint density at radius 2 is 1.70 bits per heavy atom. The molecule has 0 aromatic carbocycles. The number of quaternary nitrogens is 1. The first-order chi connectivity index (χ1) is 17.2. The number of aliphatic hydroxyl groups excluding tert-OH is 2. The van der Waals surface area contributed by atoms with Gasteiger partial charge >= 0.3 is 11.9 Å². The number of nitrogens with zero attached hydrogens (tertiary/aromatic N) is 1. The fraction of sp³-hybridized carbons (Fsp3) is 0.933. The van der Waals surface area contributed by atoms with Gasteiger partial charge in [0.05, 0.1) is 40.5 Å². The maximum absolute atomic E-state index is 12.5. The molecular formula is C30H52NO6+. The van der Waals surface area contributed by atoms with Gasteiger partial charge in [-0.25, -0.2) is 4.79 Å². The third-order valence-corrected chi connectivity index (χ3v) is 11.4. The SMILES string of the molecule is COC(=O)CC[C@@H](C)[C@H]1CC[C@H]2[C@@H]3[C@H](O)C[C@@H]4C[C@H](OC(=O)C[N+](C)(C)C)CC[C@]4(C)[C@H]3C[C@H](O)[C@]12C. The maximum atomic E-state index is 12.5. The maximum Gasteiger partial charge on any atom is 0.362 e. The summed E-state index contributed by atoms with van der Waals surface area (Å²) in [6.45, 7) is 7.22. The molecule has 0 saturated heterocycles. The number of methoxy groups -OCH3 is 1. The van der Waals surface area contributed by atoms with Gasteiger partial charge in [0.1, 0.15) is 6.10 Å². The van der Waals surface area contributed by atoms with Crippen LogP contribution < -0.4 is 0 Å². The van der Waals surface area contributed by atoms with Gasteiger partial charge in [0.25, 0.3) is 0 Å². The summed E-state index contributed by atoms with van der Waals surface area (Å²) in [4.78, 5) is 24.3. The average Bonchev–Trinajstić information content (AvgIpc) is 3.16. The molecule has 4 aliphatic rings. The van der Waals surface area contributed by atoms with Crippen LogP contribution in [0.2, 0.25) is 0 Å². The lowest BCUT2D eigenvalue weighted by Gasteiger charge is -2.63.